The van der Waals surface area contributed by atoms with E-state index in [1.54, 1.807) is 28.2 Å². The first kappa shape index (κ1) is 12.0. The first-order valence-corrected chi connectivity index (χ1v) is 6.46. The van der Waals surface area contributed by atoms with Crippen LogP contribution in [0.5, 0.6) is 0 Å². The van der Waals surface area contributed by atoms with Gasteiger partial charge in [0.1, 0.15) is 5.51 Å². The van der Waals surface area contributed by atoms with Crippen LogP contribution in [0.2, 0.25) is 0 Å². The Hall–Kier alpha value is -1.52. The van der Waals surface area contributed by atoms with Crippen LogP contribution in [0.3, 0.4) is 0 Å². The van der Waals surface area contributed by atoms with Gasteiger partial charge in [-0.1, -0.05) is 28.3 Å². The van der Waals surface area contributed by atoms with Crippen LogP contribution in [0.25, 0.3) is 0 Å². The van der Waals surface area contributed by atoms with Gasteiger partial charge >= 0.3 is 0 Å². The summed E-state index contributed by atoms with van der Waals surface area (Å²) >= 11 is 3.06. The van der Waals surface area contributed by atoms with Gasteiger partial charge in [-0.15, -0.1) is 15.3 Å². The molecule has 3 N–H and O–H groups in total. The molecule has 0 saturated heterocycles. The highest BCUT2D eigenvalue weighted by Crippen LogP contribution is 2.18. The summed E-state index contributed by atoms with van der Waals surface area (Å²) in [4.78, 5) is 11.1. The Bertz CT molecular complexity index is 482. The minimum Gasteiger partial charge on any atom is -0.289 e. The molecule has 1 amide bonds. The zero-order valence-electron chi connectivity index (χ0n) is 8.61. The summed E-state index contributed by atoms with van der Waals surface area (Å²) < 4.78 is 2.49. The van der Waals surface area contributed by atoms with E-state index in [0.717, 1.165) is 10.1 Å². The lowest BCUT2D eigenvalue weighted by atomic mass is 10.5. The Labute approximate surface area is 105 Å². The van der Waals surface area contributed by atoms with E-state index in [2.05, 4.69) is 20.5 Å². The number of carbonyl (C=O) groups excluding carboxylic acids is 1. The van der Waals surface area contributed by atoms with Gasteiger partial charge in [0.15, 0.2) is 10.0 Å². The van der Waals surface area contributed by atoms with E-state index < -0.39 is 5.91 Å². The zero-order chi connectivity index (χ0) is 12.1. The van der Waals surface area contributed by atoms with Crippen molar-refractivity contribution in [2.24, 2.45) is 5.84 Å². The van der Waals surface area contributed by atoms with Gasteiger partial charge in [-0.2, -0.15) is 0 Å². The van der Waals surface area contributed by atoms with Crippen molar-refractivity contribution in [3.63, 3.8) is 0 Å². The smallest absolute Gasteiger partial charge is 0.287 e. The molecule has 0 aliphatic heterocycles. The molecular formula is C7H9N7OS2. The fourth-order valence-electron chi connectivity index (χ4n) is 1.04. The van der Waals surface area contributed by atoms with Gasteiger partial charge in [-0.3, -0.25) is 14.9 Å². The lowest BCUT2D eigenvalue weighted by Crippen LogP contribution is -2.30. The number of rotatable bonds is 5. The second-order valence-electron chi connectivity index (χ2n) is 2.89. The van der Waals surface area contributed by atoms with Crippen LogP contribution in [-0.2, 0) is 6.54 Å². The number of nitrogen functional groups attached to an aromatic ring is 1. The predicted molar refractivity (Wildman–Crippen MR) is 62.3 cm³/mol. The number of hydrogen-bond acceptors (Lipinski definition) is 8. The minimum absolute atomic E-state index is 0.202. The summed E-state index contributed by atoms with van der Waals surface area (Å²) in [6.45, 7) is 0.634. The lowest BCUT2D eigenvalue weighted by Gasteiger charge is -1.97. The Morgan fingerprint density at radius 1 is 1.59 bits per heavy atom. The molecule has 17 heavy (non-hydrogen) atoms. The maximum Gasteiger partial charge on any atom is 0.287 e. The topological polar surface area (TPSA) is 112 Å². The molecule has 2 rings (SSSR count). The van der Waals surface area contributed by atoms with Crippen LogP contribution < -0.4 is 11.3 Å². The number of thioether (sulfide) groups is 1. The molecular weight excluding hydrogens is 262 g/mol. The highest BCUT2D eigenvalue weighted by atomic mass is 32.2. The van der Waals surface area contributed by atoms with Gasteiger partial charge in [-0.05, 0) is 0 Å². The molecule has 0 aromatic carbocycles. The molecule has 0 aliphatic rings. The van der Waals surface area contributed by atoms with E-state index >= 15 is 0 Å². The number of aromatic nitrogens is 5. The molecule has 2 aromatic heterocycles. The fraction of sp³-hybridized carbons (Fsp3) is 0.286. The van der Waals surface area contributed by atoms with Crippen LogP contribution in [0.1, 0.15) is 10.5 Å². The average molecular weight is 271 g/mol. The summed E-state index contributed by atoms with van der Waals surface area (Å²) in [5, 5.41) is 15.1. The predicted octanol–water partition coefficient (Wildman–Crippen LogP) is -0.475. The molecule has 0 aliphatic carbocycles. The normalized spacial score (nSPS) is 10.4. The molecule has 0 bridgehead atoms. The second kappa shape index (κ2) is 5.70. The number of hydrazine groups is 1. The fourth-order valence-corrected chi connectivity index (χ4v) is 2.53. The summed E-state index contributed by atoms with van der Waals surface area (Å²) in [5.41, 5.74) is 3.88. The largest absolute Gasteiger partial charge is 0.289 e. The van der Waals surface area contributed by atoms with E-state index in [4.69, 9.17) is 5.84 Å². The van der Waals surface area contributed by atoms with E-state index in [0.29, 0.717) is 6.54 Å². The third kappa shape index (κ3) is 3.22. The SMILES string of the molecule is NNC(=O)c1cn(CCSc2nncs2)nn1. The Morgan fingerprint density at radius 2 is 2.47 bits per heavy atom. The number of amides is 1. The Morgan fingerprint density at radius 3 is 3.18 bits per heavy atom. The molecule has 0 fully saturated rings. The molecule has 0 radical (unpaired) electrons. The molecule has 8 nitrogen and oxygen atoms in total. The third-order valence-corrected chi connectivity index (χ3v) is 3.63. The standard InChI is InChI=1S/C7H9N7OS2/c8-10-6(15)5-3-14(13-11-5)1-2-16-7-12-9-4-17-7/h3-4H,1-2,8H2,(H,10,15). The van der Waals surface area contributed by atoms with Gasteiger partial charge in [0.05, 0.1) is 12.7 Å². The average Bonchev–Trinajstić information content (AvgIpc) is 2.99. The molecule has 2 aromatic rings. The molecule has 10 heteroatoms. The van der Waals surface area contributed by atoms with E-state index in [1.165, 1.54) is 11.3 Å². The van der Waals surface area contributed by atoms with Crippen molar-refractivity contribution in [1.82, 2.24) is 30.6 Å². The van der Waals surface area contributed by atoms with Crippen LogP contribution in [0.15, 0.2) is 16.0 Å². The molecule has 2 heterocycles. The quantitative estimate of drug-likeness (QED) is 0.327. The lowest BCUT2D eigenvalue weighted by molar-refractivity contribution is 0.0948. The first-order valence-electron chi connectivity index (χ1n) is 4.59. The van der Waals surface area contributed by atoms with Crippen LogP contribution in [-0.4, -0.2) is 36.9 Å². The Kier molecular flexibility index (Phi) is 4.01. The third-order valence-electron chi connectivity index (χ3n) is 1.79. The van der Waals surface area contributed by atoms with Crippen molar-refractivity contribution in [2.45, 2.75) is 10.9 Å². The Balaban J connectivity index is 1.83. The van der Waals surface area contributed by atoms with E-state index in [9.17, 15) is 4.79 Å². The first-order chi connectivity index (χ1) is 8.29. The maximum atomic E-state index is 11.1. The van der Waals surface area contributed by atoms with Crippen LogP contribution in [0.4, 0.5) is 0 Å². The molecule has 0 atom stereocenters. The molecule has 90 valence electrons. The maximum absolute atomic E-state index is 11.1. The minimum atomic E-state index is -0.451. The van der Waals surface area contributed by atoms with Crippen molar-refractivity contribution in [3.05, 3.63) is 17.4 Å². The number of hydrogen-bond donors (Lipinski definition) is 2. The molecule has 0 spiro atoms. The van der Waals surface area contributed by atoms with Crippen molar-refractivity contribution in [2.75, 3.05) is 5.75 Å². The highest BCUT2D eigenvalue weighted by molar-refractivity contribution is 8.00. The van der Waals surface area contributed by atoms with Gasteiger partial charge in [0.25, 0.3) is 5.91 Å². The van der Waals surface area contributed by atoms with Crippen molar-refractivity contribution >= 4 is 29.0 Å². The summed E-state index contributed by atoms with van der Waals surface area (Å²) in [6, 6.07) is 0. The number of aryl methyl sites for hydroxylation is 1. The number of carbonyl (C=O) groups is 1. The van der Waals surface area contributed by atoms with E-state index in [1.807, 2.05) is 5.43 Å². The monoisotopic (exact) mass is 271 g/mol. The van der Waals surface area contributed by atoms with Gasteiger partial charge in [-0.25, -0.2) is 5.84 Å². The van der Waals surface area contributed by atoms with E-state index in [-0.39, 0.29) is 5.69 Å². The van der Waals surface area contributed by atoms with Crippen molar-refractivity contribution in [1.29, 1.82) is 0 Å². The summed E-state index contributed by atoms with van der Waals surface area (Å²) in [7, 11) is 0. The van der Waals surface area contributed by atoms with Gasteiger partial charge in [0, 0.05) is 5.75 Å². The van der Waals surface area contributed by atoms with Gasteiger partial charge < -0.3 is 0 Å². The molecule has 0 saturated carbocycles. The second-order valence-corrected chi connectivity index (χ2v) is 5.07. The number of nitrogens with one attached hydrogen (secondary N) is 1. The summed E-state index contributed by atoms with van der Waals surface area (Å²) in [6.07, 6.45) is 1.54. The van der Waals surface area contributed by atoms with Crippen LogP contribution in [0, 0.1) is 0 Å². The van der Waals surface area contributed by atoms with Crippen molar-refractivity contribution < 1.29 is 4.79 Å². The highest BCUT2D eigenvalue weighted by Gasteiger charge is 2.08. The van der Waals surface area contributed by atoms with Gasteiger partial charge in [0.2, 0.25) is 0 Å². The van der Waals surface area contributed by atoms with Crippen molar-refractivity contribution in [3.8, 4) is 0 Å². The number of nitrogens with zero attached hydrogens (tertiary/aromatic N) is 5. The number of nitrogens with two attached hydrogens (primary N) is 1. The van der Waals surface area contributed by atoms with Crippen LogP contribution >= 0.6 is 23.1 Å². The zero-order valence-corrected chi connectivity index (χ0v) is 10.2. The summed E-state index contributed by atoms with van der Waals surface area (Å²) in [5.74, 6) is 5.31. The molecule has 0 unspecified atom stereocenters.